The lowest BCUT2D eigenvalue weighted by Gasteiger charge is -2.08. The first-order valence-electron chi connectivity index (χ1n) is 8.93. The highest BCUT2D eigenvalue weighted by Gasteiger charge is 2.20. The van der Waals surface area contributed by atoms with Gasteiger partial charge in [-0.25, -0.2) is 13.1 Å². The highest BCUT2D eigenvalue weighted by Crippen LogP contribution is 2.30. The molecule has 0 bridgehead atoms. The Balaban J connectivity index is 1.82. The van der Waals surface area contributed by atoms with Crippen LogP contribution in [-0.2, 0) is 10.0 Å². The average Bonchev–Trinajstić information content (AvgIpc) is 3.12. The molecule has 1 aromatic heterocycles. The lowest BCUT2D eigenvalue weighted by Crippen LogP contribution is -2.14. The van der Waals surface area contributed by atoms with Crippen molar-refractivity contribution in [3.05, 3.63) is 95.6 Å². The van der Waals surface area contributed by atoms with Crippen LogP contribution in [0.5, 0.6) is 0 Å². The lowest BCUT2D eigenvalue weighted by atomic mass is 10.1. The van der Waals surface area contributed by atoms with Crippen LogP contribution in [0.25, 0.3) is 16.8 Å². The molecule has 4 aromatic rings. The predicted octanol–water partition coefficient (Wildman–Crippen LogP) is 5.30. The van der Waals surface area contributed by atoms with E-state index >= 15 is 0 Å². The molecule has 29 heavy (non-hydrogen) atoms. The summed E-state index contributed by atoms with van der Waals surface area (Å²) in [5.41, 5.74) is 3.37. The molecule has 0 saturated heterocycles. The minimum atomic E-state index is -3.78. The van der Waals surface area contributed by atoms with Crippen LogP contribution < -0.4 is 4.72 Å². The molecule has 0 fully saturated rings. The van der Waals surface area contributed by atoms with Gasteiger partial charge in [-0.15, -0.1) is 5.10 Å². The molecule has 0 amide bonds. The van der Waals surface area contributed by atoms with Crippen molar-refractivity contribution >= 4 is 27.4 Å². The molecule has 0 unspecified atom stereocenters. The van der Waals surface area contributed by atoms with Crippen molar-refractivity contribution in [1.82, 2.24) is 9.78 Å². The normalized spacial score (nSPS) is 11.4. The number of sulfonamides is 1. The average molecular weight is 424 g/mol. The monoisotopic (exact) mass is 423 g/mol. The molecule has 3 aromatic carbocycles. The molecule has 5 nitrogen and oxygen atoms in total. The van der Waals surface area contributed by atoms with Crippen LogP contribution in [0.3, 0.4) is 0 Å². The molecule has 146 valence electrons. The van der Waals surface area contributed by atoms with Gasteiger partial charge in [-0.05, 0) is 42.8 Å². The van der Waals surface area contributed by atoms with Gasteiger partial charge >= 0.3 is 0 Å². The summed E-state index contributed by atoms with van der Waals surface area (Å²) in [6.45, 7) is 2.00. The second-order valence-electron chi connectivity index (χ2n) is 6.60. The molecule has 0 aliphatic heterocycles. The van der Waals surface area contributed by atoms with E-state index in [9.17, 15) is 8.42 Å². The Labute approximate surface area is 174 Å². The van der Waals surface area contributed by atoms with Gasteiger partial charge in [0, 0.05) is 16.8 Å². The third-order valence-corrected chi connectivity index (χ3v) is 6.02. The van der Waals surface area contributed by atoms with Gasteiger partial charge in [0.1, 0.15) is 0 Å². The smallest absolute Gasteiger partial charge is 0.261 e. The van der Waals surface area contributed by atoms with Crippen molar-refractivity contribution in [1.29, 1.82) is 0 Å². The molecule has 4 rings (SSSR count). The van der Waals surface area contributed by atoms with Gasteiger partial charge in [0.25, 0.3) is 10.0 Å². The molecule has 1 N–H and O–H groups in total. The fraction of sp³-hybridized carbons (Fsp3) is 0.0455. The fourth-order valence-corrected chi connectivity index (χ4v) is 4.15. The molecule has 0 radical (unpaired) electrons. The second-order valence-corrected chi connectivity index (χ2v) is 8.72. The van der Waals surface area contributed by atoms with Crippen molar-refractivity contribution in [3.63, 3.8) is 0 Å². The lowest BCUT2D eigenvalue weighted by molar-refractivity contribution is 0.601. The van der Waals surface area contributed by atoms with Crippen molar-refractivity contribution < 1.29 is 8.42 Å². The molecular weight excluding hydrogens is 406 g/mol. The maximum absolute atomic E-state index is 12.9. The first-order valence-corrected chi connectivity index (χ1v) is 10.8. The van der Waals surface area contributed by atoms with Crippen LogP contribution in [0.4, 0.5) is 5.82 Å². The third kappa shape index (κ3) is 4.18. The van der Waals surface area contributed by atoms with Crippen LogP contribution in [0.2, 0.25) is 5.02 Å². The van der Waals surface area contributed by atoms with Gasteiger partial charge in [0.15, 0.2) is 5.82 Å². The van der Waals surface area contributed by atoms with E-state index in [1.54, 1.807) is 53.3 Å². The zero-order valence-electron chi connectivity index (χ0n) is 15.6. The summed E-state index contributed by atoms with van der Waals surface area (Å²) < 4.78 is 30.0. The van der Waals surface area contributed by atoms with Crippen molar-refractivity contribution in [3.8, 4) is 16.8 Å². The third-order valence-electron chi connectivity index (χ3n) is 4.43. The van der Waals surface area contributed by atoms with Crippen LogP contribution in [-0.4, -0.2) is 18.2 Å². The minimum Gasteiger partial charge on any atom is -0.261 e. The SMILES string of the molecule is Cc1ccc(-c2cn(-c3cccc(Cl)c3)nc2NS(=O)(=O)c2ccccc2)cc1. The van der Waals surface area contributed by atoms with Gasteiger partial charge in [0.05, 0.1) is 10.6 Å². The number of nitrogens with zero attached hydrogens (tertiary/aromatic N) is 2. The summed E-state index contributed by atoms with van der Waals surface area (Å²) >= 11 is 6.11. The molecule has 0 spiro atoms. The summed E-state index contributed by atoms with van der Waals surface area (Å²) in [7, 11) is -3.78. The Morgan fingerprint density at radius 1 is 0.931 bits per heavy atom. The van der Waals surface area contributed by atoms with Crippen LogP contribution in [0.1, 0.15) is 5.56 Å². The molecule has 0 aliphatic carbocycles. The summed E-state index contributed by atoms with van der Waals surface area (Å²) in [6.07, 6.45) is 1.79. The molecule has 1 heterocycles. The van der Waals surface area contributed by atoms with E-state index in [1.807, 2.05) is 43.3 Å². The van der Waals surface area contributed by atoms with Crippen LogP contribution >= 0.6 is 11.6 Å². The summed E-state index contributed by atoms with van der Waals surface area (Å²) in [5.74, 6) is 0.248. The second kappa shape index (κ2) is 7.73. The summed E-state index contributed by atoms with van der Waals surface area (Å²) in [5, 5.41) is 5.07. The summed E-state index contributed by atoms with van der Waals surface area (Å²) in [4.78, 5) is 0.173. The topological polar surface area (TPSA) is 64.0 Å². The predicted molar refractivity (Wildman–Crippen MR) is 116 cm³/mol. The Hall–Kier alpha value is -3.09. The fourth-order valence-electron chi connectivity index (χ4n) is 2.93. The molecule has 0 saturated carbocycles. The van der Waals surface area contributed by atoms with Gasteiger partial charge in [0.2, 0.25) is 0 Å². The number of rotatable bonds is 5. The first kappa shape index (κ1) is 19.2. The highest BCUT2D eigenvalue weighted by atomic mass is 35.5. The van der Waals surface area contributed by atoms with E-state index in [4.69, 9.17) is 11.6 Å². The number of halogens is 1. The zero-order chi connectivity index (χ0) is 20.4. The van der Waals surface area contributed by atoms with Crippen molar-refractivity contribution in [2.24, 2.45) is 0 Å². The van der Waals surface area contributed by atoms with E-state index in [2.05, 4.69) is 9.82 Å². The summed E-state index contributed by atoms with van der Waals surface area (Å²) in [6, 6.07) is 23.3. The largest absolute Gasteiger partial charge is 0.263 e. The minimum absolute atomic E-state index is 0.173. The molecule has 7 heteroatoms. The number of hydrogen-bond donors (Lipinski definition) is 1. The van der Waals surface area contributed by atoms with E-state index in [-0.39, 0.29) is 10.7 Å². The molecular formula is C22H18ClN3O2S. The van der Waals surface area contributed by atoms with Crippen LogP contribution in [0.15, 0.2) is 90.0 Å². The molecule has 0 atom stereocenters. The van der Waals surface area contributed by atoms with Gasteiger partial charge < -0.3 is 0 Å². The Bertz CT molecular complexity index is 1250. The quantitative estimate of drug-likeness (QED) is 0.473. The van der Waals surface area contributed by atoms with E-state index < -0.39 is 10.0 Å². The van der Waals surface area contributed by atoms with E-state index in [1.165, 1.54) is 0 Å². The Kier molecular flexibility index (Phi) is 5.13. The standard InChI is InChI=1S/C22H18ClN3O2S/c1-16-10-12-17(13-11-16)21-15-26(19-7-5-6-18(23)14-19)24-22(21)25-29(27,28)20-8-3-2-4-9-20/h2-15H,1H3,(H,24,25). The maximum Gasteiger partial charge on any atom is 0.263 e. The Morgan fingerprint density at radius 3 is 2.34 bits per heavy atom. The number of hydrogen-bond acceptors (Lipinski definition) is 3. The number of aromatic nitrogens is 2. The first-order chi connectivity index (χ1) is 13.9. The zero-order valence-corrected chi connectivity index (χ0v) is 17.2. The maximum atomic E-state index is 12.9. The number of aryl methyl sites for hydroxylation is 1. The van der Waals surface area contributed by atoms with E-state index in [0.717, 1.165) is 16.8 Å². The van der Waals surface area contributed by atoms with Crippen molar-refractivity contribution in [2.75, 3.05) is 4.72 Å². The molecule has 0 aliphatic rings. The van der Waals surface area contributed by atoms with Gasteiger partial charge in [-0.3, -0.25) is 4.72 Å². The Morgan fingerprint density at radius 2 is 1.66 bits per heavy atom. The number of nitrogens with one attached hydrogen (secondary N) is 1. The van der Waals surface area contributed by atoms with Gasteiger partial charge in [-0.2, -0.15) is 0 Å². The number of benzene rings is 3. The highest BCUT2D eigenvalue weighted by molar-refractivity contribution is 7.92. The van der Waals surface area contributed by atoms with Gasteiger partial charge in [-0.1, -0.05) is 65.7 Å². The van der Waals surface area contributed by atoms with E-state index in [0.29, 0.717) is 10.6 Å². The van der Waals surface area contributed by atoms with Crippen LogP contribution in [0, 0.1) is 6.92 Å². The van der Waals surface area contributed by atoms with Crippen molar-refractivity contribution in [2.45, 2.75) is 11.8 Å². The number of anilines is 1.